The predicted molar refractivity (Wildman–Crippen MR) is 155 cm³/mol. The van der Waals surface area contributed by atoms with Crippen LogP contribution in [0.15, 0.2) is 48.5 Å². The number of rotatable bonds is 9. The first-order chi connectivity index (χ1) is 21.6. The van der Waals surface area contributed by atoms with Crippen molar-refractivity contribution < 1.29 is 37.0 Å². The van der Waals surface area contributed by atoms with E-state index >= 15 is 0 Å². The largest absolute Gasteiger partial charge is 0.484 e. The quantitative estimate of drug-likeness (QED) is 0.321. The highest BCUT2D eigenvalue weighted by Crippen LogP contribution is 2.23. The third-order valence-corrected chi connectivity index (χ3v) is 7.16. The molecule has 2 fully saturated rings. The zero-order chi connectivity index (χ0) is 32.0. The number of ether oxygens (including phenoxy) is 2. The van der Waals surface area contributed by atoms with Crippen molar-refractivity contribution in [3.05, 3.63) is 65.4 Å². The SMILES string of the molecule is NC(=O)c1nnc(N2CCCC(NC(=O)c3ccc(OCC(F)(F)F)cc3)C2)nc1Nc1ccc(C(=O)N2CCOCC2)cc1. The van der Waals surface area contributed by atoms with Crippen LogP contribution in [0.25, 0.3) is 0 Å². The molecular weight excluding hydrogens is 597 g/mol. The maximum atomic E-state index is 12.8. The van der Waals surface area contributed by atoms with Gasteiger partial charge in [0.2, 0.25) is 5.95 Å². The number of aromatic nitrogens is 3. The first-order valence-corrected chi connectivity index (χ1v) is 14.2. The molecule has 0 saturated carbocycles. The Morgan fingerprint density at radius 1 is 0.978 bits per heavy atom. The Balaban J connectivity index is 1.23. The molecule has 3 heterocycles. The molecule has 1 aromatic heterocycles. The van der Waals surface area contributed by atoms with E-state index in [9.17, 15) is 27.6 Å². The fourth-order valence-electron chi connectivity index (χ4n) is 4.90. The number of nitrogens with two attached hydrogens (primary N) is 1. The van der Waals surface area contributed by atoms with E-state index in [1.54, 1.807) is 29.2 Å². The van der Waals surface area contributed by atoms with Gasteiger partial charge in [0.05, 0.1) is 13.2 Å². The number of primary amides is 1. The maximum Gasteiger partial charge on any atom is 0.422 e. The highest BCUT2D eigenvalue weighted by Gasteiger charge is 2.29. The van der Waals surface area contributed by atoms with Crippen LogP contribution in [0.5, 0.6) is 5.75 Å². The van der Waals surface area contributed by atoms with Crippen LogP contribution < -0.4 is 26.0 Å². The Kier molecular flexibility index (Phi) is 9.61. The van der Waals surface area contributed by atoms with Gasteiger partial charge in [-0.3, -0.25) is 14.4 Å². The summed E-state index contributed by atoms with van der Waals surface area (Å²) in [5.74, 6) is -1.04. The summed E-state index contributed by atoms with van der Waals surface area (Å²) in [4.78, 5) is 45.7. The summed E-state index contributed by atoms with van der Waals surface area (Å²) < 4.78 is 47.2. The Labute approximate surface area is 255 Å². The van der Waals surface area contributed by atoms with Crippen molar-refractivity contribution in [3.63, 3.8) is 0 Å². The van der Waals surface area contributed by atoms with E-state index in [-0.39, 0.29) is 40.7 Å². The number of amides is 3. The monoisotopic (exact) mass is 628 g/mol. The van der Waals surface area contributed by atoms with Crippen molar-refractivity contribution in [1.82, 2.24) is 25.4 Å². The molecule has 0 aliphatic carbocycles. The second-order valence-electron chi connectivity index (χ2n) is 10.5. The lowest BCUT2D eigenvalue weighted by molar-refractivity contribution is -0.153. The van der Waals surface area contributed by atoms with Crippen LogP contribution in [0.2, 0.25) is 0 Å². The van der Waals surface area contributed by atoms with Crippen molar-refractivity contribution in [3.8, 4) is 5.75 Å². The van der Waals surface area contributed by atoms with Gasteiger partial charge >= 0.3 is 6.18 Å². The summed E-state index contributed by atoms with van der Waals surface area (Å²) in [6.45, 7) is 1.51. The number of alkyl halides is 3. The number of morpholine rings is 1. The van der Waals surface area contributed by atoms with Crippen molar-refractivity contribution in [1.29, 1.82) is 0 Å². The molecule has 2 saturated heterocycles. The number of nitrogens with zero attached hydrogens (tertiary/aromatic N) is 5. The van der Waals surface area contributed by atoms with Gasteiger partial charge < -0.3 is 35.6 Å². The van der Waals surface area contributed by atoms with E-state index in [0.717, 1.165) is 0 Å². The standard InChI is InChI=1S/C29H31F3N8O5/c30-29(31,32)17-45-22-9-5-18(6-10-22)26(42)35-21-2-1-11-40(16-21)28-36-25(23(24(33)41)37-38-28)34-20-7-3-19(4-8-20)27(43)39-12-14-44-15-13-39/h3-10,21H,1-2,11-17H2,(H2,33,41)(H,35,42)(H,34,36,38). The molecule has 0 spiro atoms. The number of hydrogen-bond donors (Lipinski definition) is 3. The molecule has 2 aliphatic rings. The molecular formula is C29H31F3N8O5. The van der Waals surface area contributed by atoms with E-state index in [1.165, 1.54) is 24.3 Å². The van der Waals surface area contributed by atoms with Crippen LogP contribution in [0.4, 0.5) is 30.6 Å². The van der Waals surface area contributed by atoms with E-state index < -0.39 is 24.6 Å². The number of benzene rings is 2. The summed E-state index contributed by atoms with van der Waals surface area (Å²) in [5.41, 5.74) is 6.66. The maximum absolute atomic E-state index is 12.8. The van der Waals surface area contributed by atoms with E-state index in [2.05, 4.69) is 30.6 Å². The number of nitrogens with one attached hydrogen (secondary N) is 2. The summed E-state index contributed by atoms with van der Waals surface area (Å²) in [6.07, 6.45) is -3.10. The zero-order valence-corrected chi connectivity index (χ0v) is 24.0. The number of piperidine rings is 1. The molecule has 1 unspecified atom stereocenters. The molecule has 2 aliphatic heterocycles. The van der Waals surface area contributed by atoms with E-state index in [4.69, 9.17) is 10.5 Å². The Bertz CT molecular complexity index is 1520. The lowest BCUT2D eigenvalue weighted by Crippen LogP contribution is -2.48. The average Bonchev–Trinajstić information content (AvgIpc) is 3.04. The Hall–Kier alpha value is -4.99. The second-order valence-corrected chi connectivity index (χ2v) is 10.5. The number of anilines is 3. The van der Waals surface area contributed by atoms with Gasteiger partial charge in [0.15, 0.2) is 18.1 Å². The molecule has 45 heavy (non-hydrogen) atoms. The smallest absolute Gasteiger partial charge is 0.422 e. The normalized spacial score (nSPS) is 17.0. The lowest BCUT2D eigenvalue weighted by Gasteiger charge is -2.33. The summed E-state index contributed by atoms with van der Waals surface area (Å²) in [5, 5.41) is 14.0. The van der Waals surface area contributed by atoms with Gasteiger partial charge in [-0.15, -0.1) is 10.2 Å². The molecule has 13 nitrogen and oxygen atoms in total. The van der Waals surface area contributed by atoms with Gasteiger partial charge in [-0.25, -0.2) is 0 Å². The predicted octanol–water partition coefficient (Wildman–Crippen LogP) is 2.53. The molecule has 3 aromatic rings. The number of halogens is 3. The number of hydrogen-bond acceptors (Lipinski definition) is 10. The van der Waals surface area contributed by atoms with Gasteiger partial charge in [0.1, 0.15) is 5.75 Å². The van der Waals surface area contributed by atoms with Crippen LogP contribution >= 0.6 is 0 Å². The van der Waals surface area contributed by atoms with E-state index in [0.29, 0.717) is 63.5 Å². The van der Waals surface area contributed by atoms with Crippen LogP contribution in [0.3, 0.4) is 0 Å². The molecule has 2 aromatic carbocycles. The molecule has 1 atom stereocenters. The minimum absolute atomic E-state index is 0.00129. The number of carbonyl (C=O) groups is 3. The fourth-order valence-corrected chi connectivity index (χ4v) is 4.90. The molecule has 3 amide bonds. The van der Waals surface area contributed by atoms with E-state index in [1.807, 2.05) is 4.90 Å². The minimum Gasteiger partial charge on any atom is -0.484 e. The topological polar surface area (TPSA) is 165 Å². The molecule has 16 heteroatoms. The van der Waals surface area contributed by atoms with Gasteiger partial charge in [-0.1, -0.05) is 0 Å². The first kappa shape index (κ1) is 31.4. The van der Waals surface area contributed by atoms with Crippen molar-refractivity contribution in [2.45, 2.75) is 25.1 Å². The summed E-state index contributed by atoms with van der Waals surface area (Å²) >= 11 is 0. The van der Waals surface area contributed by atoms with Gasteiger partial charge in [-0.2, -0.15) is 18.2 Å². The molecule has 0 radical (unpaired) electrons. The lowest BCUT2D eigenvalue weighted by atomic mass is 10.1. The van der Waals surface area contributed by atoms with Crippen LogP contribution in [-0.2, 0) is 4.74 Å². The highest BCUT2D eigenvalue weighted by atomic mass is 19.4. The Morgan fingerprint density at radius 3 is 2.33 bits per heavy atom. The molecule has 0 bridgehead atoms. The zero-order valence-electron chi connectivity index (χ0n) is 24.0. The highest BCUT2D eigenvalue weighted by molar-refractivity contribution is 5.97. The Morgan fingerprint density at radius 2 is 1.67 bits per heavy atom. The summed E-state index contributed by atoms with van der Waals surface area (Å²) in [7, 11) is 0. The van der Waals surface area contributed by atoms with Gasteiger partial charge in [0.25, 0.3) is 17.7 Å². The van der Waals surface area contributed by atoms with Crippen molar-refractivity contribution in [2.75, 3.05) is 56.2 Å². The van der Waals surface area contributed by atoms with Crippen LogP contribution in [-0.4, -0.2) is 96.0 Å². The van der Waals surface area contributed by atoms with Crippen molar-refractivity contribution in [2.24, 2.45) is 5.73 Å². The van der Waals surface area contributed by atoms with Gasteiger partial charge in [0, 0.05) is 49.0 Å². The van der Waals surface area contributed by atoms with Crippen molar-refractivity contribution >= 4 is 35.2 Å². The number of carbonyl (C=O) groups excluding carboxylic acids is 3. The third kappa shape index (κ3) is 8.35. The second kappa shape index (κ2) is 13.8. The van der Waals surface area contributed by atoms with Crippen LogP contribution in [0.1, 0.15) is 44.0 Å². The van der Waals surface area contributed by atoms with Crippen LogP contribution in [0, 0.1) is 0 Å². The van der Waals surface area contributed by atoms with Gasteiger partial charge in [-0.05, 0) is 61.4 Å². The summed E-state index contributed by atoms with van der Waals surface area (Å²) in [6, 6.07) is 11.8. The first-order valence-electron chi connectivity index (χ1n) is 14.2. The molecule has 5 rings (SSSR count). The minimum atomic E-state index is -4.46. The molecule has 238 valence electrons. The molecule has 4 N–H and O–H groups in total. The third-order valence-electron chi connectivity index (χ3n) is 7.16. The fraction of sp³-hybridized carbons (Fsp3) is 0.379. The average molecular weight is 629 g/mol.